The van der Waals surface area contributed by atoms with Crippen molar-refractivity contribution in [3.8, 4) is 0 Å². The van der Waals surface area contributed by atoms with Crippen molar-refractivity contribution in [3.05, 3.63) is 0 Å². The van der Waals surface area contributed by atoms with Gasteiger partial charge in [-0.2, -0.15) is 0 Å². The molecule has 96 valence electrons. The molecule has 2 atom stereocenters. The summed E-state index contributed by atoms with van der Waals surface area (Å²) in [5.41, 5.74) is -1.26. The van der Waals surface area contributed by atoms with E-state index in [1.807, 2.05) is 0 Å². The van der Waals surface area contributed by atoms with Crippen molar-refractivity contribution in [1.82, 2.24) is 10.2 Å². The second-order valence-electron chi connectivity index (χ2n) is 4.61. The van der Waals surface area contributed by atoms with Crippen molar-refractivity contribution in [2.75, 3.05) is 12.8 Å². The minimum Gasteiger partial charge on any atom is -0.277 e. The summed E-state index contributed by atoms with van der Waals surface area (Å²) in [6.45, 7) is 4.64. The fourth-order valence-electron chi connectivity index (χ4n) is 1.38. The topological polar surface area (TPSA) is 83.6 Å². The number of carbonyl (C=O) groups is 3. The third-order valence-electron chi connectivity index (χ3n) is 2.82. The van der Waals surface area contributed by atoms with Crippen LogP contribution in [-0.4, -0.2) is 45.0 Å². The molecule has 17 heavy (non-hydrogen) atoms. The van der Waals surface area contributed by atoms with E-state index < -0.39 is 34.1 Å². The third-order valence-corrected chi connectivity index (χ3v) is 4.10. The molecule has 0 spiro atoms. The molecule has 1 fully saturated rings. The fourth-order valence-corrected chi connectivity index (χ4v) is 1.73. The molecule has 1 N–H and O–H groups in total. The summed E-state index contributed by atoms with van der Waals surface area (Å²) in [7, 11) is -1.13. The second-order valence-corrected chi connectivity index (χ2v) is 6.41. The van der Waals surface area contributed by atoms with Crippen LogP contribution >= 0.6 is 0 Å². The molecule has 0 aliphatic carbocycles. The molecule has 4 amide bonds. The molecule has 0 aromatic carbocycles. The van der Waals surface area contributed by atoms with E-state index in [0.717, 1.165) is 4.90 Å². The van der Waals surface area contributed by atoms with Crippen LogP contribution in [0.1, 0.15) is 20.8 Å². The standard InChI is InChI=1S/C10H16N2O4S/c1-6(17(4)16)5-12-8(14)10(2,3)7(13)11-9(12)15/h6H,5H2,1-4H3,(H,11,13,15). The van der Waals surface area contributed by atoms with Crippen LogP contribution in [0, 0.1) is 5.41 Å². The number of amides is 4. The average Bonchev–Trinajstić information content (AvgIpc) is 2.22. The number of imide groups is 2. The molecule has 0 bridgehead atoms. The largest absolute Gasteiger partial charge is 0.330 e. The molecule has 1 aliphatic heterocycles. The minimum absolute atomic E-state index is 0.0461. The van der Waals surface area contributed by atoms with Gasteiger partial charge in [-0.25, -0.2) is 4.79 Å². The highest BCUT2D eigenvalue weighted by Crippen LogP contribution is 2.23. The Hall–Kier alpha value is -1.24. The van der Waals surface area contributed by atoms with Crippen molar-refractivity contribution in [2.45, 2.75) is 26.0 Å². The van der Waals surface area contributed by atoms with E-state index >= 15 is 0 Å². The minimum atomic E-state index is -1.26. The Morgan fingerprint density at radius 2 is 1.88 bits per heavy atom. The van der Waals surface area contributed by atoms with Crippen LogP contribution in [0.15, 0.2) is 0 Å². The van der Waals surface area contributed by atoms with Crippen LogP contribution < -0.4 is 5.32 Å². The summed E-state index contributed by atoms with van der Waals surface area (Å²) in [6.07, 6.45) is 1.51. The maximum Gasteiger partial charge on any atom is 0.330 e. The zero-order chi connectivity index (χ0) is 13.4. The number of nitrogens with zero attached hydrogens (tertiary/aromatic N) is 1. The Labute approximate surface area is 102 Å². The number of nitrogens with one attached hydrogen (secondary N) is 1. The summed E-state index contributed by atoms with van der Waals surface area (Å²) in [6, 6.07) is -0.739. The Morgan fingerprint density at radius 1 is 1.35 bits per heavy atom. The predicted octanol–water partition coefficient (Wildman–Crippen LogP) is -0.142. The second kappa shape index (κ2) is 4.56. The van der Waals surface area contributed by atoms with E-state index in [4.69, 9.17) is 0 Å². The summed E-state index contributed by atoms with van der Waals surface area (Å²) in [4.78, 5) is 35.9. The predicted molar refractivity (Wildman–Crippen MR) is 62.6 cm³/mol. The van der Waals surface area contributed by atoms with Crippen molar-refractivity contribution in [2.24, 2.45) is 5.41 Å². The molecule has 1 aliphatic rings. The lowest BCUT2D eigenvalue weighted by Crippen LogP contribution is -2.63. The number of urea groups is 1. The van der Waals surface area contributed by atoms with Gasteiger partial charge in [0.15, 0.2) is 0 Å². The van der Waals surface area contributed by atoms with E-state index in [0.29, 0.717) is 0 Å². The molecule has 0 radical (unpaired) electrons. The SMILES string of the molecule is CC(CN1C(=O)NC(=O)C(C)(C)C1=O)S(C)=O. The van der Waals surface area contributed by atoms with Crippen LogP contribution in [0.25, 0.3) is 0 Å². The lowest BCUT2D eigenvalue weighted by molar-refractivity contribution is -0.148. The van der Waals surface area contributed by atoms with Crippen LogP contribution in [0.4, 0.5) is 4.79 Å². The molecular formula is C10H16N2O4S. The monoisotopic (exact) mass is 260 g/mol. The van der Waals surface area contributed by atoms with Crippen molar-refractivity contribution in [1.29, 1.82) is 0 Å². The Balaban J connectivity index is 2.92. The zero-order valence-corrected chi connectivity index (χ0v) is 11.1. The molecule has 1 saturated heterocycles. The number of hydrogen-bond acceptors (Lipinski definition) is 4. The molecule has 0 aromatic heterocycles. The van der Waals surface area contributed by atoms with E-state index in [1.54, 1.807) is 6.92 Å². The first-order valence-corrected chi connectivity index (χ1v) is 6.79. The van der Waals surface area contributed by atoms with Crippen molar-refractivity contribution >= 4 is 28.6 Å². The van der Waals surface area contributed by atoms with Crippen molar-refractivity contribution in [3.63, 3.8) is 0 Å². The van der Waals surface area contributed by atoms with E-state index in [2.05, 4.69) is 5.32 Å². The van der Waals surface area contributed by atoms with Gasteiger partial charge in [-0.15, -0.1) is 0 Å². The smallest absolute Gasteiger partial charge is 0.277 e. The molecular weight excluding hydrogens is 244 g/mol. The molecule has 1 rings (SSSR count). The van der Waals surface area contributed by atoms with Gasteiger partial charge in [0.2, 0.25) is 11.8 Å². The Morgan fingerprint density at radius 3 is 2.35 bits per heavy atom. The lowest BCUT2D eigenvalue weighted by Gasteiger charge is -2.35. The van der Waals surface area contributed by atoms with Crippen LogP contribution in [-0.2, 0) is 20.4 Å². The van der Waals surface area contributed by atoms with Crippen LogP contribution in [0.2, 0.25) is 0 Å². The normalized spacial score (nSPS) is 23.3. The first-order valence-electron chi connectivity index (χ1n) is 5.17. The van der Waals surface area contributed by atoms with Gasteiger partial charge in [0.1, 0.15) is 5.41 Å². The van der Waals surface area contributed by atoms with Crippen LogP contribution in [0.3, 0.4) is 0 Å². The van der Waals surface area contributed by atoms with E-state index in [1.165, 1.54) is 20.1 Å². The number of barbiturate groups is 1. The summed E-state index contributed by atoms with van der Waals surface area (Å²) >= 11 is 0. The summed E-state index contributed by atoms with van der Waals surface area (Å²) < 4.78 is 11.2. The van der Waals surface area contributed by atoms with Gasteiger partial charge in [0, 0.05) is 28.9 Å². The molecule has 0 aromatic rings. The highest BCUT2D eigenvalue weighted by Gasteiger charge is 2.47. The van der Waals surface area contributed by atoms with Gasteiger partial charge in [-0.1, -0.05) is 0 Å². The summed E-state index contributed by atoms with van der Waals surface area (Å²) in [5.74, 6) is -1.16. The van der Waals surface area contributed by atoms with Crippen molar-refractivity contribution < 1.29 is 18.6 Å². The van der Waals surface area contributed by atoms with Gasteiger partial charge in [-0.3, -0.25) is 24.0 Å². The fraction of sp³-hybridized carbons (Fsp3) is 0.700. The first kappa shape index (κ1) is 13.8. The molecule has 1 heterocycles. The van der Waals surface area contributed by atoms with E-state index in [-0.39, 0.29) is 11.8 Å². The molecule has 6 nitrogen and oxygen atoms in total. The Kier molecular flexibility index (Phi) is 3.71. The average molecular weight is 260 g/mol. The van der Waals surface area contributed by atoms with E-state index in [9.17, 15) is 18.6 Å². The first-order chi connectivity index (χ1) is 7.67. The highest BCUT2D eigenvalue weighted by molar-refractivity contribution is 7.84. The zero-order valence-electron chi connectivity index (χ0n) is 10.3. The van der Waals surface area contributed by atoms with Gasteiger partial charge >= 0.3 is 6.03 Å². The third kappa shape index (κ3) is 2.54. The van der Waals surface area contributed by atoms with Gasteiger partial charge < -0.3 is 0 Å². The lowest BCUT2D eigenvalue weighted by atomic mass is 9.89. The van der Waals surface area contributed by atoms with Gasteiger partial charge in [0.05, 0.1) is 0 Å². The maximum atomic E-state index is 12.0. The quantitative estimate of drug-likeness (QED) is 0.716. The number of rotatable bonds is 3. The molecule has 7 heteroatoms. The number of hydrogen-bond donors (Lipinski definition) is 1. The van der Waals surface area contributed by atoms with Gasteiger partial charge in [0.25, 0.3) is 0 Å². The van der Waals surface area contributed by atoms with Crippen LogP contribution in [0.5, 0.6) is 0 Å². The molecule has 2 unspecified atom stereocenters. The summed E-state index contributed by atoms with van der Waals surface area (Å²) in [5, 5.41) is 1.80. The highest BCUT2D eigenvalue weighted by atomic mass is 32.2. The maximum absolute atomic E-state index is 12.0. The Bertz CT molecular complexity index is 405. The number of carbonyl (C=O) groups excluding carboxylic acids is 3. The van der Waals surface area contributed by atoms with Gasteiger partial charge in [-0.05, 0) is 20.8 Å². The molecule has 0 saturated carbocycles.